The molecule has 0 amide bonds. The van der Waals surface area contributed by atoms with Gasteiger partial charge in [-0.25, -0.2) is 9.37 Å². The normalized spacial score (nSPS) is 19.3. The average Bonchev–Trinajstić information content (AvgIpc) is 3.40. The van der Waals surface area contributed by atoms with Crippen LogP contribution in [0.15, 0.2) is 59.7 Å². The van der Waals surface area contributed by atoms with E-state index >= 15 is 0 Å². The lowest BCUT2D eigenvalue weighted by molar-refractivity contribution is 0.612. The van der Waals surface area contributed by atoms with Gasteiger partial charge in [0.2, 0.25) is 0 Å². The molecule has 7 heteroatoms. The standard InChI is InChI=1S/C21H18FN5O/c22-15-4-1-12(2-5-15)17-10-23-11-18(17)20-26-19-6-3-13(14-8-24-25-9-14)7-16(19)21(28)27-20/h1-9,17-18,23H,10-11H2,(H,24,25)(H,26,27,28)/t17-,18+/m0/s1. The molecule has 2 aromatic carbocycles. The Kier molecular flexibility index (Phi) is 4.02. The third-order valence-corrected chi connectivity index (χ3v) is 5.42. The summed E-state index contributed by atoms with van der Waals surface area (Å²) in [5, 5.41) is 10.6. The predicted octanol–water partition coefficient (Wildman–Crippen LogP) is 2.92. The van der Waals surface area contributed by atoms with Crippen molar-refractivity contribution in [2.75, 3.05) is 13.1 Å². The van der Waals surface area contributed by atoms with Gasteiger partial charge < -0.3 is 10.3 Å². The van der Waals surface area contributed by atoms with Crippen LogP contribution in [0.1, 0.15) is 23.2 Å². The summed E-state index contributed by atoms with van der Waals surface area (Å²) >= 11 is 0. The molecule has 6 nitrogen and oxygen atoms in total. The summed E-state index contributed by atoms with van der Waals surface area (Å²) < 4.78 is 13.3. The van der Waals surface area contributed by atoms with E-state index in [9.17, 15) is 9.18 Å². The van der Waals surface area contributed by atoms with Gasteiger partial charge in [0.05, 0.1) is 17.1 Å². The van der Waals surface area contributed by atoms with Crippen LogP contribution in [0.4, 0.5) is 4.39 Å². The molecule has 5 rings (SSSR count). The number of aromatic amines is 2. The number of hydrogen-bond donors (Lipinski definition) is 3. The molecule has 1 fully saturated rings. The van der Waals surface area contributed by atoms with E-state index in [4.69, 9.17) is 4.98 Å². The van der Waals surface area contributed by atoms with Crippen molar-refractivity contribution in [2.24, 2.45) is 0 Å². The van der Waals surface area contributed by atoms with E-state index in [0.717, 1.165) is 23.2 Å². The number of hydrogen-bond acceptors (Lipinski definition) is 4. The first-order chi connectivity index (χ1) is 13.7. The molecule has 0 bridgehead atoms. The van der Waals surface area contributed by atoms with Crippen LogP contribution in [-0.2, 0) is 0 Å². The van der Waals surface area contributed by atoms with Crippen molar-refractivity contribution >= 4 is 10.9 Å². The fraction of sp³-hybridized carbons (Fsp3) is 0.190. The highest BCUT2D eigenvalue weighted by Crippen LogP contribution is 2.34. The van der Waals surface area contributed by atoms with E-state index in [-0.39, 0.29) is 23.2 Å². The minimum atomic E-state index is -0.253. The SMILES string of the molecule is O=c1[nH]c([C@@H]2CNC[C@H]2c2ccc(F)cc2)nc2ccc(-c3cn[nH]c3)cc12. The third-order valence-electron chi connectivity index (χ3n) is 5.42. The first kappa shape index (κ1) is 16.8. The summed E-state index contributed by atoms with van der Waals surface area (Å²) in [7, 11) is 0. The zero-order valence-corrected chi connectivity index (χ0v) is 14.9. The first-order valence-electron chi connectivity index (χ1n) is 9.18. The number of H-pyrrole nitrogens is 2. The molecule has 0 saturated carbocycles. The molecule has 4 aromatic rings. The summed E-state index contributed by atoms with van der Waals surface area (Å²) in [5.74, 6) is 0.562. The van der Waals surface area contributed by atoms with Gasteiger partial charge in [-0.1, -0.05) is 18.2 Å². The van der Waals surface area contributed by atoms with E-state index < -0.39 is 0 Å². The van der Waals surface area contributed by atoms with E-state index in [2.05, 4.69) is 20.5 Å². The highest BCUT2D eigenvalue weighted by Gasteiger charge is 2.31. The lowest BCUT2D eigenvalue weighted by Crippen LogP contribution is -2.19. The number of rotatable bonds is 3. The summed E-state index contributed by atoms with van der Waals surface area (Å²) in [4.78, 5) is 20.5. The van der Waals surface area contributed by atoms with Gasteiger partial charge in [0.1, 0.15) is 11.6 Å². The Morgan fingerprint density at radius 3 is 2.61 bits per heavy atom. The van der Waals surface area contributed by atoms with E-state index in [1.54, 1.807) is 24.5 Å². The molecule has 1 saturated heterocycles. The first-order valence-corrected chi connectivity index (χ1v) is 9.18. The van der Waals surface area contributed by atoms with E-state index in [1.807, 2.05) is 18.2 Å². The topological polar surface area (TPSA) is 86.5 Å². The van der Waals surface area contributed by atoms with Crippen molar-refractivity contribution in [3.8, 4) is 11.1 Å². The molecule has 0 unspecified atom stereocenters. The van der Waals surface area contributed by atoms with Crippen LogP contribution in [0.2, 0.25) is 0 Å². The Morgan fingerprint density at radius 1 is 1.00 bits per heavy atom. The molecule has 2 atom stereocenters. The van der Waals surface area contributed by atoms with Crippen LogP contribution in [-0.4, -0.2) is 33.3 Å². The maximum Gasteiger partial charge on any atom is 0.258 e. The van der Waals surface area contributed by atoms with Crippen molar-refractivity contribution in [3.05, 3.63) is 82.4 Å². The number of halogens is 1. The fourth-order valence-corrected chi connectivity index (χ4v) is 3.95. The summed E-state index contributed by atoms with van der Waals surface area (Å²) in [6.45, 7) is 1.47. The molecule has 140 valence electrons. The van der Waals surface area contributed by atoms with Crippen molar-refractivity contribution in [1.29, 1.82) is 0 Å². The third kappa shape index (κ3) is 2.90. The van der Waals surface area contributed by atoms with Crippen molar-refractivity contribution < 1.29 is 4.39 Å². The van der Waals surface area contributed by atoms with Gasteiger partial charge in [0.25, 0.3) is 5.56 Å². The highest BCUT2D eigenvalue weighted by molar-refractivity contribution is 5.83. The second-order valence-electron chi connectivity index (χ2n) is 7.09. The number of aromatic nitrogens is 4. The molecule has 0 aliphatic carbocycles. The van der Waals surface area contributed by atoms with Gasteiger partial charge in [0, 0.05) is 36.7 Å². The molecule has 0 radical (unpaired) electrons. The molecule has 3 heterocycles. The molecule has 3 N–H and O–H groups in total. The fourth-order valence-electron chi connectivity index (χ4n) is 3.95. The minimum absolute atomic E-state index is 0.0242. The molecular formula is C21H18FN5O. The quantitative estimate of drug-likeness (QED) is 0.514. The van der Waals surface area contributed by atoms with Crippen LogP contribution in [0.3, 0.4) is 0 Å². The van der Waals surface area contributed by atoms with Crippen molar-refractivity contribution in [3.63, 3.8) is 0 Å². The Balaban J connectivity index is 1.54. The monoisotopic (exact) mass is 375 g/mol. The van der Waals surface area contributed by atoms with E-state index in [1.165, 1.54) is 12.1 Å². The van der Waals surface area contributed by atoms with Crippen molar-refractivity contribution in [2.45, 2.75) is 11.8 Å². The van der Waals surface area contributed by atoms with Gasteiger partial charge in [-0.05, 0) is 35.4 Å². The predicted molar refractivity (Wildman–Crippen MR) is 105 cm³/mol. The molecule has 28 heavy (non-hydrogen) atoms. The smallest absolute Gasteiger partial charge is 0.258 e. The molecule has 2 aromatic heterocycles. The van der Waals surface area contributed by atoms with Crippen LogP contribution < -0.4 is 10.9 Å². The Bertz CT molecular complexity index is 1180. The zero-order chi connectivity index (χ0) is 19.1. The summed E-state index contributed by atoms with van der Waals surface area (Å²) in [5.41, 5.74) is 3.37. The van der Waals surface area contributed by atoms with Crippen LogP contribution in [0.25, 0.3) is 22.0 Å². The van der Waals surface area contributed by atoms with Gasteiger partial charge in [0.15, 0.2) is 0 Å². The largest absolute Gasteiger partial charge is 0.315 e. The lowest BCUT2D eigenvalue weighted by atomic mass is 9.88. The van der Waals surface area contributed by atoms with Crippen molar-refractivity contribution in [1.82, 2.24) is 25.5 Å². The maximum absolute atomic E-state index is 13.3. The van der Waals surface area contributed by atoms with Gasteiger partial charge >= 0.3 is 0 Å². The number of nitrogens with one attached hydrogen (secondary N) is 3. The van der Waals surface area contributed by atoms with E-state index in [0.29, 0.717) is 23.3 Å². The Hall–Kier alpha value is -3.32. The van der Waals surface area contributed by atoms with Gasteiger partial charge in [-0.3, -0.25) is 9.89 Å². The average molecular weight is 375 g/mol. The number of nitrogens with zero attached hydrogens (tertiary/aromatic N) is 2. The van der Waals surface area contributed by atoms with Crippen LogP contribution in [0, 0.1) is 5.82 Å². The summed E-state index contributed by atoms with van der Waals surface area (Å²) in [6.07, 6.45) is 3.50. The second kappa shape index (κ2) is 6.69. The molecule has 1 aliphatic rings. The zero-order valence-electron chi connectivity index (χ0n) is 14.9. The van der Waals surface area contributed by atoms with Crippen LogP contribution in [0.5, 0.6) is 0 Å². The molecule has 0 spiro atoms. The second-order valence-corrected chi connectivity index (χ2v) is 7.09. The number of benzene rings is 2. The maximum atomic E-state index is 13.3. The van der Waals surface area contributed by atoms with Gasteiger partial charge in [-0.2, -0.15) is 5.10 Å². The number of fused-ring (bicyclic) bond motifs is 1. The Morgan fingerprint density at radius 2 is 1.82 bits per heavy atom. The summed E-state index contributed by atoms with van der Waals surface area (Å²) in [6, 6.07) is 12.2. The van der Waals surface area contributed by atoms with Crippen LogP contribution >= 0.6 is 0 Å². The molecule has 1 aliphatic heterocycles. The molecular weight excluding hydrogens is 357 g/mol. The lowest BCUT2D eigenvalue weighted by Gasteiger charge is -2.18. The highest BCUT2D eigenvalue weighted by atomic mass is 19.1. The minimum Gasteiger partial charge on any atom is -0.315 e. The van der Waals surface area contributed by atoms with Gasteiger partial charge in [-0.15, -0.1) is 0 Å². The Labute approximate surface area is 159 Å².